The molecule has 0 bridgehead atoms. The molecule has 4 rings (SSSR count). The number of imide groups is 1. The minimum absolute atomic E-state index is 0.00805. The van der Waals surface area contributed by atoms with Crippen LogP contribution in [-0.4, -0.2) is 41.3 Å². The normalized spacial score (nSPS) is 18.4. The molecule has 1 aliphatic carbocycles. The highest BCUT2D eigenvalue weighted by Crippen LogP contribution is 2.50. The first-order valence-corrected chi connectivity index (χ1v) is 10.9. The Bertz CT molecular complexity index is 1150. The molecule has 1 aliphatic heterocycles. The number of alkyl halides is 3. The second-order valence-electron chi connectivity index (χ2n) is 6.95. The van der Waals surface area contributed by atoms with E-state index in [4.69, 9.17) is 0 Å². The van der Waals surface area contributed by atoms with Crippen molar-refractivity contribution in [1.29, 1.82) is 0 Å². The molecule has 0 N–H and O–H groups in total. The minimum Gasteiger partial charge on any atom is -0.305 e. The Morgan fingerprint density at radius 3 is 2.27 bits per heavy atom. The molecular weight excluding hydrogens is 491 g/mol. The predicted molar refractivity (Wildman–Crippen MR) is 102 cm³/mol. The number of aromatic nitrogens is 1. The highest BCUT2D eigenvalue weighted by molar-refractivity contribution is 9.10. The fourth-order valence-corrected chi connectivity index (χ4v) is 4.51. The molecule has 1 saturated heterocycles. The summed E-state index contributed by atoms with van der Waals surface area (Å²) in [5, 5.41) is 0. The van der Waals surface area contributed by atoms with Crippen molar-refractivity contribution >= 4 is 43.4 Å². The number of amides is 3. The molecule has 0 unspecified atom stereocenters. The van der Waals surface area contributed by atoms with Gasteiger partial charge in [0.2, 0.25) is 0 Å². The molecule has 2 aromatic rings. The van der Waals surface area contributed by atoms with Crippen molar-refractivity contribution in [3.63, 3.8) is 0 Å². The van der Waals surface area contributed by atoms with Gasteiger partial charge in [-0.15, -0.1) is 0 Å². The number of rotatable bonds is 4. The summed E-state index contributed by atoms with van der Waals surface area (Å²) in [6.45, 7) is 0.144. The topological polar surface area (TPSA) is 87.7 Å². The Hall–Kier alpha value is -2.47. The molecule has 2 fully saturated rings. The molecule has 1 aromatic carbocycles. The van der Waals surface area contributed by atoms with E-state index in [-0.39, 0.29) is 12.2 Å². The van der Waals surface area contributed by atoms with Crippen LogP contribution in [0.3, 0.4) is 0 Å². The molecular formula is C18H13BrF3N3O4S. The minimum atomic E-state index is -5.52. The van der Waals surface area contributed by atoms with Crippen LogP contribution in [0, 0.1) is 0 Å². The van der Waals surface area contributed by atoms with Crippen molar-refractivity contribution in [3.05, 3.63) is 52.8 Å². The van der Waals surface area contributed by atoms with Crippen molar-refractivity contribution in [2.24, 2.45) is 0 Å². The SMILES string of the molecule is O=C1N(c2ccc(S(=O)(=O)C(F)(F)F)cc2)C(=O)C2(CC2)N1Cc1ccncc1Br. The average molecular weight is 504 g/mol. The molecule has 1 aromatic heterocycles. The Kier molecular flexibility index (Phi) is 4.69. The predicted octanol–water partition coefficient (Wildman–Crippen LogP) is 3.64. The van der Waals surface area contributed by atoms with Crippen LogP contribution in [0.15, 0.2) is 52.1 Å². The van der Waals surface area contributed by atoms with Gasteiger partial charge in [0.15, 0.2) is 0 Å². The fourth-order valence-electron chi connectivity index (χ4n) is 3.37. The third-order valence-electron chi connectivity index (χ3n) is 5.16. The van der Waals surface area contributed by atoms with Crippen LogP contribution >= 0.6 is 15.9 Å². The Balaban J connectivity index is 1.65. The molecule has 2 heterocycles. The van der Waals surface area contributed by atoms with E-state index in [1.54, 1.807) is 18.5 Å². The van der Waals surface area contributed by atoms with Crippen molar-refractivity contribution in [2.75, 3.05) is 4.90 Å². The summed E-state index contributed by atoms with van der Waals surface area (Å²) in [7, 11) is -5.52. The van der Waals surface area contributed by atoms with Gasteiger partial charge in [0.25, 0.3) is 15.7 Å². The van der Waals surface area contributed by atoms with Crippen molar-refractivity contribution in [3.8, 4) is 0 Å². The van der Waals surface area contributed by atoms with E-state index in [1.807, 2.05) is 0 Å². The van der Waals surface area contributed by atoms with Crippen LogP contribution in [-0.2, 0) is 21.2 Å². The number of benzene rings is 1. The van der Waals surface area contributed by atoms with E-state index < -0.39 is 37.7 Å². The number of carbonyl (C=O) groups excluding carboxylic acids is 2. The molecule has 30 heavy (non-hydrogen) atoms. The van der Waals surface area contributed by atoms with Gasteiger partial charge in [-0.2, -0.15) is 13.2 Å². The van der Waals surface area contributed by atoms with Crippen molar-refractivity contribution in [2.45, 2.75) is 35.3 Å². The summed E-state index contributed by atoms with van der Waals surface area (Å²) in [6.07, 6.45) is 4.06. The molecule has 0 radical (unpaired) electrons. The van der Waals surface area contributed by atoms with Crippen LogP contribution in [0.4, 0.5) is 23.7 Å². The number of hydrogen-bond donors (Lipinski definition) is 0. The molecule has 2 aliphatic rings. The summed E-state index contributed by atoms with van der Waals surface area (Å²) in [6, 6.07) is 4.61. The first kappa shape index (κ1) is 20.8. The zero-order valence-electron chi connectivity index (χ0n) is 15.1. The highest BCUT2D eigenvalue weighted by Gasteiger charge is 2.65. The number of urea groups is 1. The molecule has 7 nitrogen and oxygen atoms in total. The third kappa shape index (κ3) is 3.09. The van der Waals surface area contributed by atoms with Gasteiger partial charge in [0, 0.05) is 23.4 Å². The Labute approximate surface area is 177 Å². The number of carbonyl (C=O) groups is 2. The van der Waals surface area contributed by atoms with Crippen molar-refractivity contribution < 1.29 is 31.2 Å². The van der Waals surface area contributed by atoms with Crippen LogP contribution in [0.2, 0.25) is 0 Å². The maximum absolute atomic E-state index is 13.0. The summed E-state index contributed by atoms with van der Waals surface area (Å²) < 4.78 is 61.9. The first-order valence-electron chi connectivity index (χ1n) is 8.65. The molecule has 1 saturated carbocycles. The lowest BCUT2D eigenvalue weighted by atomic mass is 10.2. The number of sulfone groups is 1. The van der Waals surface area contributed by atoms with Gasteiger partial charge in [-0.1, -0.05) is 0 Å². The van der Waals surface area contributed by atoms with Gasteiger partial charge < -0.3 is 4.90 Å². The van der Waals surface area contributed by atoms with Crippen LogP contribution in [0.5, 0.6) is 0 Å². The largest absolute Gasteiger partial charge is 0.501 e. The smallest absolute Gasteiger partial charge is 0.305 e. The number of anilines is 1. The van der Waals surface area contributed by atoms with E-state index in [0.717, 1.165) is 34.7 Å². The lowest BCUT2D eigenvalue weighted by Gasteiger charge is -2.21. The number of halogens is 4. The van der Waals surface area contributed by atoms with Crippen LogP contribution in [0.1, 0.15) is 18.4 Å². The van der Waals surface area contributed by atoms with Gasteiger partial charge in [-0.3, -0.25) is 9.78 Å². The van der Waals surface area contributed by atoms with Crippen molar-refractivity contribution in [1.82, 2.24) is 9.88 Å². The maximum Gasteiger partial charge on any atom is 0.501 e. The van der Waals surface area contributed by atoms with E-state index in [1.165, 1.54) is 4.90 Å². The molecule has 1 spiro atoms. The fraction of sp³-hybridized carbons (Fsp3) is 0.278. The van der Waals surface area contributed by atoms with E-state index in [9.17, 15) is 31.2 Å². The van der Waals surface area contributed by atoms with Gasteiger partial charge in [-0.05, 0) is 64.7 Å². The van der Waals surface area contributed by atoms with Crippen LogP contribution in [0.25, 0.3) is 0 Å². The molecule has 158 valence electrons. The van der Waals surface area contributed by atoms with E-state index >= 15 is 0 Å². The third-order valence-corrected chi connectivity index (χ3v) is 7.37. The van der Waals surface area contributed by atoms with Gasteiger partial charge in [0.05, 0.1) is 10.6 Å². The standard InChI is InChI=1S/C18H13BrF3N3O4S/c19-14-9-23-8-5-11(14)10-24-16(27)25(15(26)17(24)6-7-17)12-1-3-13(4-2-12)30(28,29)18(20,21)22/h1-5,8-9H,6-7,10H2. The summed E-state index contributed by atoms with van der Waals surface area (Å²) in [5.74, 6) is -0.482. The number of pyridine rings is 1. The first-order chi connectivity index (χ1) is 14.0. The van der Waals surface area contributed by atoms with E-state index in [0.29, 0.717) is 17.3 Å². The van der Waals surface area contributed by atoms with E-state index in [2.05, 4.69) is 20.9 Å². The monoisotopic (exact) mass is 503 g/mol. The van der Waals surface area contributed by atoms with Crippen LogP contribution < -0.4 is 4.90 Å². The summed E-state index contributed by atoms with van der Waals surface area (Å²) in [5.41, 5.74) is -5.68. The highest BCUT2D eigenvalue weighted by atomic mass is 79.9. The maximum atomic E-state index is 13.0. The quantitative estimate of drug-likeness (QED) is 0.594. The van der Waals surface area contributed by atoms with Gasteiger partial charge >= 0.3 is 11.5 Å². The number of hydrogen-bond acceptors (Lipinski definition) is 5. The molecule has 12 heteroatoms. The summed E-state index contributed by atoms with van der Waals surface area (Å²) in [4.78, 5) is 31.3. The lowest BCUT2D eigenvalue weighted by molar-refractivity contribution is -0.120. The Morgan fingerprint density at radius 2 is 1.73 bits per heavy atom. The number of nitrogens with zero attached hydrogens (tertiary/aromatic N) is 3. The molecule has 3 amide bonds. The van der Waals surface area contributed by atoms with Gasteiger partial charge in [-0.25, -0.2) is 18.1 Å². The zero-order valence-corrected chi connectivity index (χ0v) is 17.5. The second kappa shape index (κ2) is 6.77. The Morgan fingerprint density at radius 1 is 1.10 bits per heavy atom. The van der Waals surface area contributed by atoms with Gasteiger partial charge in [0.1, 0.15) is 5.54 Å². The second-order valence-corrected chi connectivity index (χ2v) is 9.75. The summed E-state index contributed by atoms with van der Waals surface area (Å²) >= 11 is 3.35. The zero-order chi connectivity index (χ0) is 21.9. The lowest BCUT2D eigenvalue weighted by Crippen LogP contribution is -2.36. The molecule has 0 atom stereocenters. The average Bonchev–Trinajstić information content (AvgIpc) is 3.45.